The van der Waals surface area contributed by atoms with Crippen molar-refractivity contribution in [3.8, 4) is 11.3 Å². The first kappa shape index (κ1) is 15.2. The van der Waals surface area contributed by atoms with Gasteiger partial charge in [0, 0.05) is 12.1 Å². The molecule has 0 aliphatic rings. The van der Waals surface area contributed by atoms with Crippen LogP contribution in [0.3, 0.4) is 0 Å². The number of rotatable bonds is 4. The highest BCUT2D eigenvalue weighted by atomic mass is 19.1. The molecule has 2 rings (SSSR count). The number of hydrogen-bond acceptors (Lipinski definition) is 2. The van der Waals surface area contributed by atoms with Crippen LogP contribution in [0.15, 0.2) is 36.4 Å². The Morgan fingerprint density at radius 2 is 1.86 bits per heavy atom. The fraction of sp³-hybridized carbons (Fsp3) is 0.294. The van der Waals surface area contributed by atoms with Crippen molar-refractivity contribution in [3.05, 3.63) is 53.5 Å². The Balaban J connectivity index is 2.21. The fourth-order valence-corrected chi connectivity index (χ4v) is 1.97. The molecule has 0 aliphatic carbocycles. The van der Waals surface area contributed by atoms with Crippen LogP contribution in [0.1, 0.15) is 29.9 Å². The minimum Gasteiger partial charge on any atom is -0.352 e. The van der Waals surface area contributed by atoms with Crippen LogP contribution in [0.5, 0.6) is 0 Å². The molecule has 1 N–H and O–H groups in total. The van der Waals surface area contributed by atoms with E-state index in [0.29, 0.717) is 23.7 Å². The molecule has 4 heteroatoms. The van der Waals surface area contributed by atoms with Crippen molar-refractivity contribution in [2.24, 2.45) is 5.92 Å². The predicted octanol–water partition coefficient (Wildman–Crippen LogP) is 3.58. The molecule has 2 aromatic rings. The average Bonchev–Trinajstić information content (AvgIpc) is 2.45. The number of amides is 1. The molecule has 3 nitrogen and oxygen atoms in total. The van der Waals surface area contributed by atoms with Gasteiger partial charge in [-0.1, -0.05) is 13.8 Å². The number of aryl methyl sites for hydroxylation is 1. The molecule has 1 heterocycles. The van der Waals surface area contributed by atoms with E-state index in [0.717, 1.165) is 11.3 Å². The van der Waals surface area contributed by atoms with Gasteiger partial charge in [0.05, 0.1) is 17.0 Å². The Kier molecular flexibility index (Phi) is 4.68. The molecule has 1 aromatic carbocycles. The Morgan fingerprint density at radius 1 is 1.19 bits per heavy atom. The zero-order valence-corrected chi connectivity index (χ0v) is 12.5. The van der Waals surface area contributed by atoms with Crippen LogP contribution >= 0.6 is 0 Å². The van der Waals surface area contributed by atoms with Crippen molar-refractivity contribution >= 4 is 5.91 Å². The maximum absolute atomic E-state index is 12.9. The van der Waals surface area contributed by atoms with Gasteiger partial charge in [-0.3, -0.25) is 9.78 Å². The minimum absolute atomic E-state index is 0.112. The monoisotopic (exact) mass is 286 g/mol. The third kappa shape index (κ3) is 3.88. The summed E-state index contributed by atoms with van der Waals surface area (Å²) < 4.78 is 12.9. The summed E-state index contributed by atoms with van der Waals surface area (Å²) in [4.78, 5) is 16.5. The molecule has 110 valence electrons. The van der Waals surface area contributed by atoms with Crippen molar-refractivity contribution in [3.63, 3.8) is 0 Å². The van der Waals surface area contributed by atoms with Crippen LogP contribution in [0.25, 0.3) is 11.3 Å². The van der Waals surface area contributed by atoms with Gasteiger partial charge in [0.15, 0.2) is 0 Å². The van der Waals surface area contributed by atoms with E-state index in [-0.39, 0.29) is 11.7 Å². The molecule has 21 heavy (non-hydrogen) atoms. The summed E-state index contributed by atoms with van der Waals surface area (Å²) >= 11 is 0. The largest absolute Gasteiger partial charge is 0.352 e. The number of halogens is 1. The summed E-state index contributed by atoms with van der Waals surface area (Å²) in [5, 5.41) is 2.88. The smallest absolute Gasteiger partial charge is 0.253 e. The Hall–Kier alpha value is -2.23. The number of pyridine rings is 1. The third-order valence-corrected chi connectivity index (χ3v) is 3.14. The van der Waals surface area contributed by atoms with Gasteiger partial charge in [0.2, 0.25) is 0 Å². The topological polar surface area (TPSA) is 42.0 Å². The lowest BCUT2D eigenvalue weighted by atomic mass is 10.1. The molecule has 0 spiro atoms. The van der Waals surface area contributed by atoms with Crippen LogP contribution in [0.4, 0.5) is 4.39 Å². The normalized spacial score (nSPS) is 10.7. The number of benzene rings is 1. The molecule has 1 amide bonds. The van der Waals surface area contributed by atoms with Gasteiger partial charge in [-0.05, 0) is 49.2 Å². The van der Waals surface area contributed by atoms with Gasteiger partial charge in [0.25, 0.3) is 5.91 Å². The minimum atomic E-state index is -0.278. The standard InChI is InChI=1S/C17H19FN2O/c1-11(2)10-19-17(21)15-8-9-16(20-12(15)3)13-4-6-14(18)7-5-13/h4-9,11H,10H2,1-3H3,(H,19,21). The van der Waals surface area contributed by atoms with Gasteiger partial charge < -0.3 is 5.32 Å². The van der Waals surface area contributed by atoms with E-state index >= 15 is 0 Å². The third-order valence-electron chi connectivity index (χ3n) is 3.14. The molecule has 0 fully saturated rings. The van der Waals surface area contributed by atoms with Gasteiger partial charge in [-0.2, -0.15) is 0 Å². The summed E-state index contributed by atoms with van der Waals surface area (Å²) in [6.07, 6.45) is 0. The molecule has 1 aromatic heterocycles. The van der Waals surface area contributed by atoms with E-state index in [1.165, 1.54) is 12.1 Å². The van der Waals surface area contributed by atoms with E-state index in [4.69, 9.17) is 0 Å². The number of aromatic nitrogens is 1. The van der Waals surface area contributed by atoms with Crippen molar-refractivity contribution in [1.29, 1.82) is 0 Å². The van der Waals surface area contributed by atoms with Crippen LogP contribution in [-0.2, 0) is 0 Å². The van der Waals surface area contributed by atoms with Crippen LogP contribution in [0.2, 0.25) is 0 Å². The van der Waals surface area contributed by atoms with Crippen molar-refractivity contribution < 1.29 is 9.18 Å². The molecule has 0 bridgehead atoms. The molecule has 0 atom stereocenters. The van der Waals surface area contributed by atoms with E-state index < -0.39 is 0 Å². The Bertz CT molecular complexity index is 636. The highest BCUT2D eigenvalue weighted by Crippen LogP contribution is 2.19. The molecule has 0 saturated carbocycles. The first-order chi connectivity index (χ1) is 9.97. The van der Waals surface area contributed by atoms with Crippen LogP contribution in [0, 0.1) is 18.7 Å². The summed E-state index contributed by atoms with van der Waals surface area (Å²) in [7, 11) is 0. The van der Waals surface area contributed by atoms with E-state index in [1.54, 1.807) is 31.2 Å². The first-order valence-corrected chi connectivity index (χ1v) is 6.99. The van der Waals surface area contributed by atoms with Gasteiger partial charge in [-0.15, -0.1) is 0 Å². The number of nitrogens with zero attached hydrogens (tertiary/aromatic N) is 1. The molecule has 0 unspecified atom stereocenters. The molecule has 0 radical (unpaired) electrons. The molecule has 0 saturated heterocycles. The maximum atomic E-state index is 12.9. The quantitative estimate of drug-likeness (QED) is 0.933. The van der Waals surface area contributed by atoms with Crippen LogP contribution in [-0.4, -0.2) is 17.4 Å². The Labute approximate surface area is 124 Å². The number of nitrogens with one attached hydrogen (secondary N) is 1. The van der Waals surface area contributed by atoms with Crippen LogP contribution < -0.4 is 5.32 Å². The van der Waals surface area contributed by atoms with Gasteiger partial charge >= 0.3 is 0 Å². The van der Waals surface area contributed by atoms with Crippen molar-refractivity contribution in [2.75, 3.05) is 6.54 Å². The first-order valence-electron chi connectivity index (χ1n) is 6.99. The van der Waals surface area contributed by atoms with E-state index in [1.807, 2.05) is 13.8 Å². The lowest BCUT2D eigenvalue weighted by Gasteiger charge is -2.10. The van der Waals surface area contributed by atoms with Gasteiger partial charge in [-0.25, -0.2) is 4.39 Å². The van der Waals surface area contributed by atoms with Crippen molar-refractivity contribution in [2.45, 2.75) is 20.8 Å². The number of carbonyl (C=O) groups excluding carboxylic acids is 1. The van der Waals surface area contributed by atoms with Gasteiger partial charge in [0.1, 0.15) is 5.82 Å². The summed E-state index contributed by atoms with van der Waals surface area (Å²) in [6.45, 7) is 6.53. The van der Waals surface area contributed by atoms with E-state index in [9.17, 15) is 9.18 Å². The molecular formula is C17H19FN2O. The number of hydrogen-bond donors (Lipinski definition) is 1. The fourth-order valence-electron chi connectivity index (χ4n) is 1.97. The zero-order chi connectivity index (χ0) is 15.4. The zero-order valence-electron chi connectivity index (χ0n) is 12.5. The second kappa shape index (κ2) is 6.48. The second-order valence-electron chi connectivity index (χ2n) is 5.44. The van der Waals surface area contributed by atoms with Crippen molar-refractivity contribution in [1.82, 2.24) is 10.3 Å². The summed E-state index contributed by atoms with van der Waals surface area (Å²) in [5.41, 5.74) is 2.79. The summed E-state index contributed by atoms with van der Waals surface area (Å²) in [6, 6.07) is 9.69. The highest BCUT2D eigenvalue weighted by molar-refractivity contribution is 5.95. The van der Waals surface area contributed by atoms with E-state index in [2.05, 4.69) is 10.3 Å². The Morgan fingerprint density at radius 3 is 2.43 bits per heavy atom. The number of carbonyl (C=O) groups is 1. The SMILES string of the molecule is Cc1nc(-c2ccc(F)cc2)ccc1C(=O)NCC(C)C. The lowest BCUT2D eigenvalue weighted by molar-refractivity contribution is 0.0948. The summed E-state index contributed by atoms with van der Waals surface area (Å²) in [5.74, 6) is 0.0141. The molecular weight excluding hydrogens is 267 g/mol. The lowest BCUT2D eigenvalue weighted by Crippen LogP contribution is -2.28. The maximum Gasteiger partial charge on any atom is 0.253 e. The second-order valence-corrected chi connectivity index (χ2v) is 5.44. The average molecular weight is 286 g/mol. The highest BCUT2D eigenvalue weighted by Gasteiger charge is 2.11. The molecule has 0 aliphatic heterocycles. The predicted molar refractivity (Wildman–Crippen MR) is 81.5 cm³/mol.